The van der Waals surface area contributed by atoms with Crippen molar-refractivity contribution >= 4 is 0 Å². The van der Waals surface area contributed by atoms with Crippen molar-refractivity contribution in [3.63, 3.8) is 0 Å². The van der Waals surface area contributed by atoms with Crippen LogP contribution in [0.4, 0.5) is 0 Å². The maximum absolute atomic E-state index is 5.68. The molecule has 2 unspecified atom stereocenters. The van der Waals surface area contributed by atoms with Crippen LogP contribution in [0.15, 0.2) is 0 Å². The average molecular weight is 228 g/mol. The lowest BCUT2D eigenvalue weighted by Crippen LogP contribution is -2.31. The molecule has 16 heavy (non-hydrogen) atoms. The third-order valence-electron chi connectivity index (χ3n) is 3.68. The molecule has 1 saturated heterocycles. The maximum atomic E-state index is 5.68. The number of rotatable bonds is 7. The summed E-state index contributed by atoms with van der Waals surface area (Å²) < 4.78 is 5.57. The highest BCUT2D eigenvalue weighted by atomic mass is 16.5. The highest BCUT2D eigenvalue weighted by Crippen LogP contribution is 2.23. The summed E-state index contributed by atoms with van der Waals surface area (Å²) in [6, 6.07) is 0. The molecule has 0 aliphatic carbocycles. The molecule has 0 radical (unpaired) electrons. The van der Waals surface area contributed by atoms with Gasteiger partial charge in [0.1, 0.15) is 0 Å². The van der Waals surface area contributed by atoms with Crippen molar-refractivity contribution in [3.05, 3.63) is 0 Å². The Morgan fingerprint density at radius 2 is 2.19 bits per heavy atom. The van der Waals surface area contributed by atoms with Crippen LogP contribution in [0.5, 0.6) is 0 Å². The average Bonchev–Trinajstić information content (AvgIpc) is 2.73. The van der Waals surface area contributed by atoms with Gasteiger partial charge in [-0.1, -0.05) is 13.8 Å². The molecule has 1 fully saturated rings. The summed E-state index contributed by atoms with van der Waals surface area (Å²) in [4.78, 5) is 2.56. The fourth-order valence-corrected chi connectivity index (χ4v) is 2.44. The molecule has 2 N–H and O–H groups in total. The van der Waals surface area contributed by atoms with Crippen LogP contribution in [0.25, 0.3) is 0 Å². The second kappa shape index (κ2) is 7.25. The molecule has 2 atom stereocenters. The van der Waals surface area contributed by atoms with Gasteiger partial charge in [0.05, 0.1) is 6.10 Å². The summed E-state index contributed by atoms with van der Waals surface area (Å²) in [5.74, 6) is 1.71. The van der Waals surface area contributed by atoms with Crippen LogP contribution in [-0.2, 0) is 4.74 Å². The molecular weight excluding hydrogens is 200 g/mol. The first-order valence-electron chi connectivity index (χ1n) is 6.71. The van der Waals surface area contributed by atoms with Gasteiger partial charge in [-0.25, -0.2) is 0 Å². The molecule has 96 valence electrons. The van der Waals surface area contributed by atoms with Gasteiger partial charge in [0, 0.05) is 26.2 Å². The van der Waals surface area contributed by atoms with E-state index in [2.05, 4.69) is 18.7 Å². The smallest absolute Gasteiger partial charge is 0.0709 e. The monoisotopic (exact) mass is 228 g/mol. The second-order valence-corrected chi connectivity index (χ2v) is 5.20. The molecule has 3 nitrogen and oxygen atoms in total. The molecule has 0 aromatic heterocycles. The summed E-state index contributed by atoms with van der Waals surface area (Å²) in [5.41, 5.74) is 5.68. The van der Waals surface area contributed by atoms with Gasteiger partial charge in [-0.05, 0) is 38.1 Å². The molecule has 3 heteroatoms. The molecular formula is C13H28N2O. The Balaban J connectivity index is 2.18. The van der Waals surface area contributed by atoms with Crippen LogP contribution < -0.4 is 5.73 Å². The predicted molar refractivity (Wildman–Crippen MR) is 68.5 cm³/mol. The van der Waals surface area contributed by atoms with Crippen molar-refractivity contribution < 1.29 is 4.74 Å². The second-order valence-electron chi connectivity index (χ2n) is 5.20. The van der Waals surface area contributed by atoms with E-state index in [1.807, 2.05) is 6.92 Å². The molecule has 1 rings (SSSR count). The van der Waals surface area contributed by atoms with E-state index in [0.717, 1.165) is 31.4 Å². The normalized spacial score (nSPS) is 24.2. The zero-order valence-electron chi connectivity index (χ0n) is 11.1. The standard InChI is InChI=1S/C13H28N2O/c1-4-16-13(9-14)6-8-15-7-5-12(10-15)11(2)3/h11-13H,4-10,14H2,1-3H3. The van der Waals surface area contributed by atoms with Gasteiger partial charge in [0.2, 0.25) is 0 Å². The summed E-state index contributed by atoms with van der Waals surface area (Å²) in [6.07, 6.45) is 2.69. The Kier molecular flexibility index (Phi) is 6.32. The molecule has 0 aromatic rings. The summed E-state index contributed by atoms with van der Waals surface area (Å²) in [6.45, 7) is 11.8. The SMILES string of the molecule is CCOC(CN)CCN1CCC(C(C)C)C1. The lowest BCUT2D eigenvalue weighted by atomic mass is 9.95. The quantitative estimate of drug-likeness (QED) is 0.721. The third-order valence-corrected chi connectivity index (χ3v) is 3.68. The van der Waals surface area contributed by atoms with E-state index in [1.165, 1.54) is 19.5 Å². The summed E-state index contributed by atoms with van der Waals surface area (Å²) in [5, 5.41) is 0. The van der Waals surface area contributed by atoms with Crippen molar-refractivity contribution in [2.75, 3.05) is 32.8 Å². The van der Waals surface area contributed by atoms with Crippen molar-refractivity contribution in [2.45, 2.75) is 39.7 Å². The van der Waals surface area contributed by atoms with Crippen LogP contribution in [0.2, 0.25) is 0 Å². The number of likely N-dealkylation sites (tertiary alicyclic amines) is 1. The molecule has 0 spiro atoms. The first kappa shape index (κ1) is 13.9. The Morgan fingerprint density at radius 1 is 1.44 bits per heavy atom. The summed E-state index contributed by atoms with van der Waals surface area (Å²) in [7, 11) is 0. The van der Waals surface area contributed by atoms with E-state index in [1.54, 1.807) is 0 Å². The minimum absolute atomic E-state index is 0.253. The van der Waals surface area contributed by atoms with Crippen LogP contribution in [0, 0.1) is 11.8 Å². The maximum Gasteiger partial charge on any atom is 0.0709 e. The van der Waals surface area contributed by atoms with E-state index < -0.39 is 0 Å². The Morgan fingerprint density at radius 3 is 2.69 bits per heavy atom. The minimum Gasteiger partial charge on any atom is -0.377 e. The first-order chi connectivity index (χ1) is 7.67. The Labute approximate surface area is 100 Å². The van der Waals surface area contributed by atoms with Crippen LogP contribution in [-0.4, -0.2) is 43.8 Å². The van der Waals surface area contributed by atoms with Crippen molar-refractivity contribution in [3.8, 4) is 0 Å². The van der Waals surface area contributed by atoms with Gasteiger partial charge in [-0.15, -0.1) is 0 Å². The Bertz CT molecular complexity index is 185. The molecule has 0 aromatic carbocycles. The fraction of sp³-hybridized carbons (Fsp3) is 1.00. The topological polar surface area (TPSA) is 38.5 Å². The number of hydrogen-bond donors (Lipinski definition) is 1. The lowest BCUT2D eigenvalue weighted by Gasteiger charge is -2.21. The highest BCUT2D eigenvalue weighted by Gasteiger charge is 2.24. The number of hydrogen-bond acceptors (Lipinski definition) is 3. The zero-order chi connectivity index (χ0) is 12.0. The van der Waals surface area contributed by atoms with Crippen molar-refractivity contribution in [2.24, 2.45) is 17.6 Å². The van der Waals surface area contributed by atoms with Crippen LogP contribution >= 0.6 is 0 Å². The number of nitrogens with zero attached hydrogens (tertiary/aromatic N) is 1. The first-order valence-corrected chi connectivity index (χ1v) is 6.71. The molecule has 0 saturated carbocycles. The predicted octanol–water partition coefficient (Wildman–Crippen LogP) is 1.72. The van der Waals surface area contributed by atoms with Crippen LogP contribution in [0.3, 0.4) is 0 Å². The highest BCUT2D eigenvalue weighted by molar-refractivity contribution is 4.78. The van der Waals surface area contributed by atoms with E-state index >= 15 is 0 Å². The third kappa shape index (κ3) is 4.40. The fourth-order valence-electron chi connectivity index (χ4n) is 2.44. The van der Waals surface area contributed by atoms with Gasteiger partial charge in [-0.3, -0.25) is 0 Å². The van der Waals surface area contributed by atoms with Crippen molar-refractivity contribution in [1.29, 1.82) is 0 Å². The van der Waals surface area contributed by atoms with Gasteiger partial charge < -0.3 is 15.4 Å². The largest absolute Gasteiger partial charge is 0.377 e. The van der Waals surface area contributed by atoms with Gasteiger partial charge >= 0.3 is 0 Å². The number of nitrogens with two attached hydrogens (primary N) is 1. The van der Waals surface area contributed by atoms with E-state index in [4.69, 9.17) is 10.5 Å². The van der Waals surface area contributed by atoms with Crippen molar-refractivity contribution in [1.82, 2.24) is 4.90 Å². The molecule has 1 aliphatic rings. The minimum atomic E-state index is 0.253. The summed E-state index contributed by atoms with van der Waals surface area (Å²) >= 11 is 0. The van der Waals surface area contributed by atoms with E-state index in [0.29, 0.717) is 6.54 Å². The van der Waals surface area contributed by atoms with Gasteiger partial charge in [-0.2, -0.15) is 0 Å². The lowest BCUT2D eigenvalue weighted by molar-refractivity contribution is 0.0558. The van der Waals surface area contributed by atoms with Gasteiger partial charge in [0.25, 0.3) is 0 Å². The zero-order valence-corrected chi connectivity index (χ0v) is 11.1. The molecule has 1 heterocycles. The van der Waals surface area contributed by atoms with E-state index in [9.17, 15) is 0 Å². The number of ether oxygens (including phenoxy) is 1. The van der Waals surface area contributed by atoms with E-state index in [-0.39, 0.29) is 6.10 Å². The molecule has 0 amide bonds. The van der Waals surface area contributed by atoms with Crippen LogP contribution in [0.1, 0.15) is 33.6 Å². The molecule has 0 bridgehead atoms. The van der Waals surface area contributed by atoms with Gasteiger partial charge in [0.15, 0.2) is 0 Å². The Hall–Kier alpha value is -0.120. The molecule has 1 aliphatic heterocycles.